The average molecular weight is 225 g/mol. The Bertz CT molecular complexity index is 341. The highest BCUT2D eigenvalue weighted by Gasteiger charge is 2.30. The van der Waals surface area contributed by atoms with Gasteiger partial charge in [-0.2, -0.15) is 0 Å². The van der Waals surface area contributed by atoms with E-state index in [1.807, 2.05) is 0 Å². The SMILES string of the molecule is OCC1CN(Cc2ccc(F)cc2)CC1O. The van der Waals surface area contributed by atoms with Crippen molar-refractivity contribution in [2.24, 2.45) is 5.92 Å². The van der Waals surface area contributed by atoms with E-state index in [1.165, 1.54) is 12.1 Å². The molecule has 88 valence electrons. The summed E-state index contributed by atoms with van der Waals surface area (Å²) in [5, 5.41) is 18.6. The van der Waals surface area contributed by atoms with Gasteiger partial charge in [-0.25, -0.2) is 4.39 Å². The first-order valence-electron chi connectivity index (χ1n) is 5.45. The van der Waals surface area contributed by atoms with E-state index in [0.717, 1.165) is 5.56 Å². The van der Waals surface area contributed by atoms with Crippen LogP contribution >= 0.6 is 0 Å². The van der Waals surface area contributed by atoms with E-state index >= 15 is 0 Å². The topological polar surface area (TPSA) is 43.7 Å². The van der Waals surface area contributed by atoms with Gasteiger partial charge >= 0.3 is 0 Å². The lowest BCUT2D eigenvalue weighted by Crippen LogP contribution is -2.21. The number of aliphatic hydroxyl groups is 2. The van der Waals surface area contributed by atoms with Crippen LogP contribution in [0, 0.1) is 11.7 Å². The second kappa shape index (κ2) is 4.91. The molecule has 2 atom stereocenters. The Morgan fingerprint density at radius 3 is 2.50 bits per heavy atom. The molecule has 16 heavy (non-hydrogen) atoms. The summed E-state index contributed by atoms with van der Waals surface area (Å²) in [4.78, 5) is 2.07. The summed E-state index contributed by atoms with van der Waals surface area (Å²) in [6.07, 6.45) is -0.453. The smallest absolute Gasteiger partial charge is 0.123 e. The monoisotopic (exact) mass is 225 g/mol. The van der Waals surface area contributed by atoms with Gasteiger partial charge in [-0.1, -0.05) is 12.1 Å². The minimum atomic E-state index is -0.453. The highest BCUT2D eigenvalue weighted by atomic mass is 19.1. The molecule has 0 amide bonds. The summed E-state index contributed by atoms with van der Waals surface area (Å²) >= 11 is 0. The molecule has 4 heteroatoms. The van der Waals surface area contributed by atoms with E-state index < -0.39 is 6.10 Å². The lowest BCUT2D eigenvalue weighted by Gasteiger charge is -2.14. The predicted molar refractivity (Wildman–Crippen MR) is 58.3 cm³/mol. The van der Waals surface area contributed by atoms with Crippen molar-refractivity contribution in [1.82, 2.24) is 4.90 Å². The number of likely N-dealkylation sites (tertiary alicyclic amines) is 1. The summed E-state index contributed by atoms with van der Waals surface area (Å²) in [5.74, 6) is -0.293. The van der Waals surface area contributed by atoms with Crippen LogP contribution in [0.2, 0.25) is 0 Å². The van der Waals surface area contributed by atoms with Gasteiger partial charge in [0.05, 0.1) is 6.10 Å². The minimum Gasteiger partial charge on any atom is -0.396 e. The van der Waals surface area contributed by atoms with Crippen molar-refractivity contribution in [2.75, 3.05) is 19.7 Å². The van der Waals surface area contributed by atoms with Crippen LogP contribution in [0.4, 0.5) is 4.39 Å². The van der Waals surface area contributed by atoms with Crippen LogP contribution < -0.4 is 0 Å². The maximum absolute atomic E-state index is 12.7. The number of aliphatic hydroxyl groups excluding tert-OH is 2. The molecule has 3 nitrogen and oxygen atoms in total. The van der Waals surface area contributed by atoms with Gasteiger partial charge in [0.25, 0.3) is 0 Å². The molecule has 1 aliphatic heterocycles. The molecule has 1 heterocycles. The zero-order chi connectivity index (χ0) is 11.5. The van der Waals surface area contributed by atoms with Gasteiger partial charge in [0, 0.05) is 32.2 Å². The molecule has 0 aromatic heterocycles. The molecule has 2 rings (SSSR count). The summed E-state index contributed by atoms with van der Waals surface area (Å²) < 4.78 is 12.7. The molecule has 1 aromatic carbocycles. The number of hydrogen-bond donors (Lipinski definition) is 2. The van der Waals surface area contributed by atoms with E-state index in [-0.39, 0.29) is 18.3 Å². The normalized spacial score (nSPS) is 26.2. The van der Waals surface area contributed by atoms with Crippen molar-refractivity contribution in [3.05, 3.63) is 35.6 Å². The van der Waals surface area contributed by atoms with Crippen molar-refractivity contribution in [1.29, 1.82) is 0 Å². The van der Waals surface area contributed by atoms with Crippen molar-refractivity contribution in [3.63, 3.8) is 0 Å². The predicted octanol–water partition coefficient (Wildman–Crippen LogP) is 0.611. The molecular weight excluding hydrogens is 209 g/mol. The molecule has 0 aliphatic carbocycles. The van der Waals surface area contributed by atoms with Gasteiger partial charge in [-0.3, -0.25) is 4.90 Å². The number of β-amino-alcohol motifs (C(OH)–C–C–N with tert-alkyl or cyclic N) is 1. The number of hydrogen-bond acceptors (Lipinski definition) is 3. The van der Waals surface area contributed by atoms with Gasteiger partial charge in [0.1, 0.15) is 5.82 Å². The first kappa shape index (κ1) is 11.5. The molecule has 0 spiro atoms. The second-order valence-corrected chi connectivity index (χ2v) is 4.33. The van der Waals surface area contributed by atoms with Crippen LogP contribution in [0.5, 0.6) is 0 Å². The van der Waals surface area contributed by atoms with Gasteiger partial charge in [0.2, 0.25) is 0 Å². The average Bonchev–Trinajstić information content (AvgIpc) is 2.62. The third-order valence-electron chi connectivity index (χ3n) is 3.04. The first-order chi connectivity index (χ1) is 7.69. The molecule has 1 aliphatic rings. The largest absolute Gasteiger partial charge is 0.396 e. The van der Waals surface area contributed by atoms with Crippen molar-refractivity contribution < 1.29 is 14.6 Å². The Morgan fingerprint density at radius 2 is 1.94 bits per heavy atom. The van der Waals surface area contributed by atoms with E-state index in [2.05, 4.69) is 4.90 Å². The zero-order valence-electron chi connectivity index (χ0n) is 9.01. The maximum atomic E-state index is 12.7. The Labute approximate surface area is 94.1 Å². The van der Waals surface area contributed by atoms with Crippen molar-refractivity contribution >= 4 is 0 Å². The molecule has 0 radical (unpaired) electrons. The zero-order valence-corrected chi connectivity index (χ0v) is 9.01. The van der Waals surface area contributed by atoms with Gasteiger partial charge in [0.15, 0.2) is 0 Å². The van der Waals surface area contributed by atoms with Crippen LogP contribution in [-0.2, 0) is 6.54 Å². The van der Waals surface area contributed by atoms with Gasteiger partial charge in [-0.05, 0) is 17.7 Å². The molecular formula is C12H16FNO2. The maximum Gasteiger partial charge on any atom is 0.123 e. The summed E-state index contributed by atoms with van der Waals surface area (Å²) in [5.41, 5.74) is 1.02. The van der Waals surface area contributed by atoms with Crippen LogP contribution in [0.15, 0.2) is 24.3 Å². The number of benzene rings is 1. The molecule has 2 N–H and O–H groups in total. The minimum absolute atomic E-state index is 0.0150. The van der Waals surface area contributed by atoms with Crippen LogP contribution in [0.3, 0.4) is 0 Å². The third kappa shape index (κ3) is 2.58. The van der Waals surface area contributed by atoms with Crippen molar-refractivity contribution in [3.8, 4) is 0 Å². The highest BCUT2D eigenvalue weighted by Crippen LogP contribution is 2.18. The molecule has 0 saturated carbocycles. The molecule has 1 aromatic rings. The van der Waals surface area contributed by atoms with Crippen LogP contribution in [0.25, 0.3) is 0 Å². The fraction of sp³-hybridized carbons (Fsp3) is 0.500. The molecule has 1 fully saturated rings. The fourth-order valence-corrected chi connectivity index (χ4v) is 2.10. The molecule has 2 unspecified atom stereocenters. The van der Waals surface area contributed by atoms with Crippen LogP contribution in [-0.4, -0.2) is 40.9 Å². The summed E-state index contributed by atoms with van der Waals surface area (Å²) in [6, 6.07) is 6.36. The Hall–Kier alpha value is -0.970. The van der Waals surface area contributed by atoms with E-state index in [9.17, 15) is 9.50 Å². The first-order valence-corrected chi connectivity index (χ1v) is 5.45. The number of halogens is 1. The highest BCUT2D eigenvalue weighted by molar-refractivity contribution is 5.16. The van der Waals surface area contributed by atoms with E-state index in [1.54, 1.807) is 12.1 Å². The van der Waals surface area contributed by atoms with Gasteiger partial charge < -0.3 is 10.2 Å². The fourth-order valence-electron chi connectivity index (χ4n) is 2.10. The van der Waals surface area contributed by atoms with Crippen LogP contribution in [0.1, 0.15) is 5.56 Å². The van der Waals surface area contributed by atoms with Gasteiger partial charge in [-0.15, -0.1) is 0 Å². The van der Waals surface area contributed by atoms with Crippen molar-refractivity contribution in [2.45, 2.75) is 12.6 Å². The quantitative estimate of drug-likeness (QED) is 0.792. The Balaban J connectivity index is 1.94. The molecule has 0 bridgehead atoms. The third-order valence-corrected chi connectivity index (χ3v) is 3.04. The second-order valence-electron chi connectivity index (χ2n) is 4.33. The summed E-state index contributed by atoms with van der Waals surface area (Å²) in [7, 11) is 0. The van der Waals surface area contributed by atoms with E-state index in [0.29, 0.717) is 19.6 Å². The summed E-state index contributed by atoms with van der Waals surface area (Å²) in [6.45, 7) is 1.96. The molecule has 1 saturated heterocycles. The number of rotatable bonds is 3. The standard InChI is InChI=1S/C12H16FNO2/c13-11-3-1-9(2-4-11)5-14-6-10(8-15)12(16)7-14/h1-4,10,12,15-16H,5-8H2. The lowest BCUT2D eigenvalue weighted by atomic mass is 10.1. The number of nitrogens with zero attached hydrogens (tertiary/aromatic N) is 1. The lowest BCUT2D eigenvalue weighted by molar-refractivity contribution is 0.103. The Kier molecular flexibility index (Phi) is 3.53. The van der Waals surface area contributed by atoms with E-state index in [4.69, 9.17) is 5.11 Å². The Morgan fingerprint density at radius 1 is 1.25 bits per heavy atom.